The van der Waals surface area contributed by atoms with Crippen molar-refractivity contribution in [2.45, 2.75) is 47.1 Å². The van der Waals surface area contributed by atoms with Gasteiger partial charge in [-0.05, 0) is 33.1 Å². The predicted octanol–water partition coefficient (Wildman–Crippen LogP) is 3.79. The van der Waals surface area contributed by atoms with Crippen LogP contribution in [0.4, 0.5) is 0 Å². The molecule has 0 N–H and O–H groups in total. The standard InChI is InChI=1S/C12H23N/c1-9(2)8-12(7)13(10(3)4)11(5)6/h9,11H,3,7-8H2,1-2,4-6H3. The Morgan fingerprint density at radius 2 is 1.62 bits per heavy atom. The molecular weight excluding hydrogens is 158 g/mol. The first kappa shape index (κ1) is 12.3. The Labute approximate surface area is 83.1 Å². The molecule has 0 saturated heterocycles. The topological polar surface area (TPSA) is 3.24 Å². The van der Waals surface area contributed by atoms with Crippen LogP contribution in [0.15, 0.2) is 24.6 Å². The Balaban J connectivity index is 4.38. The molecule has 0 aliphatic rings. The van der Waals surface area contributed by atoms with Crippen LogP contribution in [-0.2, 0) is 0 Å². The first-order valence-corrected chi connectivity index (χ1v) is 4.98. The minimum absolute atomic E-state index is 0.462. The van der Waals surface area contributed by atoms with Gasteiger partial charge < -0.3 is 4.90 Å². The summed E-state index contributed by atoms with van der Waals surface area (Å²) in [5, 5.41) is 0. The predicted molar refractivity (Wildman–Crippen MR) is 60.4 cm³/mol. The van der Waals surface area contributed by atoms with Crippen molar-refractivity contribution in [3.8, 4) is 0 Å². The minimum atomic E-state index is 0.462. The lowest BCUT2D eigenvalue weighted by molar-refractivity contribution is 0.333. The zero-order valence-electron chi connectivity index (χ0n) is 9.72. The largest absolute Gasteiger partial charge is 0.348 e. The summed E-state index contributed by atoms with van der Waals surface area (Å²) in [4.78, 5) is 2.21. The highest BCUT2D eigenvalue weighted by Gasteiger charge is 2.12. The van der Waals surface area contributed by atoms with E-state index in [9.17, 15) is 0 Å². The fraction of sp³-hybridized carbons (Fsp3) is 0.667. The molecule has 0 aliphatic heterocycles. The number of hydrogen-bond donors (Lipinski definition) is 0. The maximum atomic E-state index is 4.10. The van der Waals surface area contributed by atoms with Crippen LogP contribution in [0.2, 0.25) is 0 Å². The van der Waals surface area contributed by atoms with E-state index in [1.54, 1.807) is 0 Å². The summed E-state index contributed by atoms with van der Waals surface area (Å²) in [6.07, 6.45) is 1.05. The molecule has 1 nitrogen and oxygen atoms in total. The van der Waals surface area contributed by atoms with Gasteiger partial charge in [0.15, 0.2) is 0 Å². The van der Waals surface area contributed by atoms with Crippen LogP contribution in [0.25, 0.3) is 0 Å². The molecule has 0 heterocycles. The Morgan fingerprint density at radius 1 is 1.15 bits per heavy atom. The van der Waals surface area contributed by atoms with Gasteiger partial charge in [0.25, 0.3) is 0 Å². The van der Waals surface area contributed by atoms with Crippen LogP contribution in [0, 0.1) is 5.92 Å². The smallest absolute Gasteiger partial charge is 0.0278 e. The van der Waals surface area contributed by atoms with Crippen molar-refractivity contribution in [1.82, 2.24) is 4.90 Å². The summed E-state index contributed by atoms with van der Waals surface area (Å²) >= 11 is 0. The van der Waals surface area contributed by atoms with E-state index in [0.717, 1.165) is 12.1 Å². The third-order valence-corrected chi connectivity index (χ3v) is 1.91. The average Bonchev–Trinajstić information content (AvgIpc) is 1.81. The molecule has 0 saturated carbocycles. The van der Waals surface area contributed by atoms with Gasteiger partial charge in [-0.15, -0.1) is 0 Å². The zero-order valence-corrected chi connectivity index (χ0v) is 9.72. The summed E-state index contributed by atoms with van der Waals surface area (Å²) in [5.41, 5.74) is 2.26. The third-order valence-electron chi connectivity index (χ3n) is 1.91. The molecule has 76 valence electrons. The van der Waals surface area contributed by atoms with E-state index in [0.29, 0.717) is 12.0 Å². The highest BCUT2D eigenvalue weighted by molar-refractivity contribution is 5.07. The molecule has 0 spiro atoms. The summed E-state index contributed by atoms with van der Waals surface area (Å²) in [6, 6.07) is 0.462. The van der Waals surface area contributed by atoms with Crippen molar-refractivity contribution in [3.05, 3.63) is 24.6 Å². The molecule has 1 heteroatoms. The van der Waals surface area contributed by atoms with Gasteiger partial charge in [0.2, 0.25) is 0 Å². The fourth-order valence-electron chi connectivity index (χ4n) is 1.65. The molecule has 13 heavy (non-hydrogen) atoms. The summed E-state index contributed by atoms with van der Waals surface area (Å²) in [5.74, 6) is 0.660. The number of hydrogen-bond acceptors (Lipinski definition) is 1. The van der Waals surface area contributed by atoms with E-state index in [-0.39, 0.29) is 0 Å². The van der Waals surface area contributed by atoms with E-state index in [4.69, 9.17) is 0 Å². The number of nitrogens with zero attached hydrogens (tertiary/aromatic N) is 1. The van der Waals surface area contributed by atoms with Gasteiger partial charge >= 0.3 is 0 Å². The third kappa shape index (κ3) is 4.16. The second kappa shape index (κ2) is 5.11. The summed E-state index contributed by atoms with van der Waals surface area (Å²) < 4.78 is 0. The first-order chi connectivity index (χ1) is 5.86. The highest BCUT2D eigenvalue weighted by Crippen LogP contribution is 2.20. The molecule has 0 aliphatic carbocycles. The quantitative estimate of drug-likeness (QED) is 0.623. The van der Waals surface area contributed by atoms with E-state index in [1.807, 2.05) is 6.92 Å². The van der Waals surface area contributed by atoms with Gasteiger partial charge in [-0.2, -0.15) is 0 Å². The van der Waals surface area contributed by atoms with Gasteiger partial charge in [-0.25, -0.2) is 0 Å². The molecule has 0 radical (unpaired) electrons. The van der Waals surface area contributed by atoms with E-state index in [2.05, 4.69) is 45.8 Å². The molecule has 0 atom stereocenters. The van der Waals surface area contributed by atoms with Gasteiger partial charge in [0, 0.05) is 17.4 Å². The molecule has 0 aromatic heterocycles. The second-order valence-electron chi connectivity index (χ2n) is 4.36. The van der Waals surface area contributed by atoms with Gasteiger partial charge in [-0.3, -0.25) is 0 Å². The minimum Gasteiger partial charge on any atom is -0.348 e. The van der Waals surface area contributed by atoms with Crippen LogP contribution < -0.4 is 0 Å². The first-order valence-electron chi connectivity index (χ1n) is 4.98. The lowest BCUT2D eigenvalue weighted by Crippen LogP contribution is -2.28. The van der Waals surface area contributed by atoms with E-state index >= 15 is 0 Å². The van der Waals surface area contributed by atoms with Crippen molar-refractivity contribution in [3.63, 3.8) is 0 Å². The highest BCUT2D eigenvalue weighted by atomic mass is 15.2. The molecule has 0 fully saturated rings. The molecular formula is C12H23N. The van der Waals surface area contributed by atoms with Crippen molar-refractivity contribution in [2.24, 2.45) is 5.92 Å². The SMILES string of the molecule is C=C(C)N(C(=C)CC(C)C)C(C)C. The average molecular weight is 181 g/mol. The van der Waals surface area contributed by atoms with E-state index in [1.165, 1.54) is 5.70 Å². The Bertz CT molecular complexity index is 189. The fourth-order valence-corrected chi connectivity index (χ4v) is 1.65. The normalized spacial score (nSPS) is 10.7. The van der Waals surface area contributed by atoms with Crippen molar-refractivity contribution >= 4 is 0 Å². The summed E-state index contributed by atoms with van der Waals surface area (Å²) in [7, 11) is 0. The maximum absolute atomic E-state index is 4.10. The van der Waals surface area contributed by atoms with Crippen LogP contribution in [0.1, 0.15) is 41.0 Å². The van der Waals surface area contributed by atoms with Crippen molar-refractivity contribution in [2.75, 3.05) is 0 Å². The molecule has 0 aromatic carbocycles. The Kier molecular flexibility index (Phi) is 4.82. The second-order valence-corrected chi connectivity index (χ2v) is 4.36. The molecule has 0 unspecified atom stereocenters. The Morgan fingerprint density at radius 3 is 1.85 bits per heavy atom. The zero-order chi connectivity index (χ0) is 10.6. The van der Waals surface area contributed by atoms with Crippen LogP contribution >= 0.6 is 0 Å². The maximum Gasteiger partial charge on any atom is 0.0278 e. The lowest BCUT2D eigenvalue weighted by atomic mass is 10.1. The van der Waals surface area contributed by atoms with Crippen molar-refractivity contribution in [1.29, 1.82) is 0 Å². The number of rotatable bonds is 5. The summed E-state index contributed by atoms with van der Waals surface area (Å²) in [6.45, 7) is 18.9. The van der Waals surface area contributed by atoms with Gasteiger partial charge in [0.05, 0.1) is 0 Å². The van der Waals surface area contributed by atoms with E-state index < -0.39 is 0 Å². The van der Waals surface area contributed by atoms with Gasteiger partial charge in [-0.1, -0.05) is 27.0 Å². The van der Waals surface area contributed by atoms with Gasteiger partial charge in [0.1, 0.15) is 0 Å². The number of allylic oxidation sites excluding steroid dienone is 2. The van der Waals surface area contributed by atoms with Crippen LogP contribution in [0.5, 0.6) is 0 Å². The molecule has 0 rings (SSSR count). The van der Waals surface area contributed by atoms with Crippen LogP contribution in [-0.4, -0.2) is 10.9 Å². The molecule has 0 amide bonds. The molecule has 0 bridgehead atoms. The lowest BCUT2D eigenvalue weighted by Gasteiger charge is -2.31. The molecule has 0 aromatic rings. The van der Waals surface area contributed by atoms with Crippen LogP contribution in [0.3, 0.4) is 0 Å². The monoisotopic (exact) mass is 181 g/mol. The Hall–Kier alpha value is -0.720. The van der Waals surface area contributed by atoms with Crippen molar-refractivity contribution < 1.29 is 0 Å².